The first-order chi connectivity index (χ1) is 30.0. The fourth-order valence-corrected chi connectivity index (χ4v) is 8.24. The fraction of sp³-hybridized carbons (Fsp3) is 0.878. The molecule has 1 saturated heterocycles. The molecule has 1 aliphatic rings. The van der Waals surface area contributed by atoms with Gasteiger partial charge in [0.15, 0.2) is 5.78 Å². The molecule has 0 aromatic heterocycles. The van der Waals surface area contributed by atoms with Crippen LogP contribution in [0.4, 0.5) is 0 Å². The number of aliphatic hydroxyl groups is 3. The molecule has 0 spiro atoms. The number of ketones is 1. The van der Waals surface area contributed by atoms with Gasteiger partial charge in [-0.1, -0.05) is 174 Å². The molecule has 3 amide bonds. The second-order valence-corrected chi connectivity index (χ2v) is 17.9. The van der Waals surface area contributed by atoms with Crippen LogP contribution in [-0.2, 0) is 23.9 Å². The molecule has 62 heavy (non-hydrogen) atoms. The van der Waals surface area contributed by atoms with Gasteiger partial charge in [0.2, 0.25) is 23.6 Å². The van der Waals surface area contributed by atoms with Crippen LogP contribution in [0.25, 0.3) is 0 Å². The molecule has 0 aromatic rings. The van der Waals surface area contributed by atoms with Gasteiger partial charge in [0.25, 0.3) is 0 Å². The molecule has 1 rings (SSSR count). The average molecular weight is 880 g/mol. The minimum Gasteiger partial charge on any atom is -0.394 e. The molecule has 6 atom stereocenters. The van der Waals surface area contributed by atoms with Crippen molar-refractivity contribution >= 4 is 23.5 Å². The van der Waals surface area contributed by atoms with Crippen molar-refractivity contribution in [3.05, 3.63) is 12.2 Å². The summed E-state index contributed by atoms with van der Waals surface area (Å²) in [7, 11) is 0. The van der Waals surface area contributed by atoms with Crippen LogP contribution in [-0.4, -0.2) is 99.7 Å². The van der Waals surface area contributed by atoms with Crippen molar-refractivity contribution in [2.24, 2.45) is 11.5 Å². The van der Waals surface area contributed by atoms with Gasteiger partial charge < -0.3 is 42.2 Å². The molecule has 0 bridgehead atoms. The van der Waals surface area contributed by atoms with Crippen molar-refractivity contribution < 1.29 is 39.2 Å². The van der Waals surface area contributed by atoms with Crippen LogP contribution in [0.15, 0.2) is 12.2 Å². The quantitative estimate of drug-likeness (QED) is 0.0137. The number of unbranched alkanes of at least 4 members (excludes halogenated alkanes) is 26. The van der Waals surface area contributed by atoms with E-state index in [1.165, 1.54) is 121 Å². The van der Waals surface area contributed by atoms with Crippen LogP contribution in [0.2, 0.25) is 0 Å². The van der Waals surface area contributed by atoms with Crippen molar-refractivity contribution in [1.29, 1.82) is 0 Å². The highest BCUT2D eigenvalue weighted by Crippen LogP contribution is 2.33. The van der Waals surface area contributed by atoms with Gasteiger partial charge in [-0.05, 0) is 45.4 Å². The van der Waals surface area contributed by atoms with E-state index in [1.807, 2.05) is 0 Å². The number of nitrogens with zero attached hydrogens (tertiary/aromatic N) is 1. The molecule has 0 radical (unpaired) electrons. The lowest BCUT2D eigenvalue weighted by Gasteiger charge is -2.51. The Labute approximate surface area is 376 Å². The number of Topliss-reactive ketones (excluding diaryl/α,β-unsaturated/α-hetero) is 1. The van der Waals surface area contributed by atoms with E-state index in [9.17, 15) is 34.5 Å². The van der Waals surface area contributed by atoms with Gasteiger partial charge in [0.05, 0.1) is 19.3 Å². The molecule has 9 N–H and O–H groups in total. The van der Waals surface area contributed by atoms with Crippen molar-refractivity contribution in [3.63, 3.8) is 0 Å². The maximum atomic E-state index is 14.2. The number of ether oxygens (including phenoxy) is 1. The molecule has 0 unspecified atom stereocenters. The van der Waals surface area contributed by atoms with Crippen LogP contribution in [0.5, 0.6) is 0 Å². The lowest BCUT2D eigenvalue weighted by Crippen LogP contribution is -2.72. The molecule has 362 valence electrons. The van der Waals surface area contributed by atoms with E-state index in [1.54, 1.807) is 0 Å². The van der Waals surface area contributed by atoms with Gasteiger partial charge in [0, 0.05) is 19.4 Å². The van der Waals surface area contributed by atoms with E-state index in [4.69, 9.17) is 16.2 Å². The van der Waals surface area contributed by atoms with Crippen LogP contribution in [0, 0.1) is 0 Å². The van der Waals surface area contributed by atoms with Crippen molar-refractivity contribution in [1.82, 2.24) is 15.5 Å². The van der Waals surface area contributed by atoms with E-state index in [0.29, 0.717) is 12.8 Å². The zero-order valence-corrected chi connectivity index (χ0v) is 39.6. The molecule has 1 heterocycles. The third kappa shape index (κ3) is 25.2. The Morgan fingerprint density at radius 2 is 1.13 bits per heavy atom. The number of aliphatic hydroxyl groups excluding tert-OH is 3. The topological polar surface area (TPSA) is 218 Å². The number of nitrogens with two attached hydrogens (primary N) is 2. The number of hydrogen-bond donors (Lipinski definition) is 7. The van der Waals surface area contributed by atoms with Crippen LogP contribution >= 0.6 is 0 Å². The predicted molar refractivity (Wildman–Crippen MR) is 250 cm³/mol. The number of carbonyl (C=O) groups is 4. The second-order valence-electron chi connectivity index (χ2n) is 17.9. The molecule has 0 saturated carbocycles. The molecule has 13 heteroatoms. The maximum Gasteiger partial charge on any atom is 0.245 e. The smallest absolute Gasteiger partial charge is 0.245 e. The largest absolute Gasteiger partial charge is 0.394 e. The lowest BCUT2D eigenvalue weighted by molar-refractivity contribution is -0.280. The normalized spacial score (nSPS) is 20.0. The second kappa shape index (κ2) is 36.9. The summed E-state index contributed by atoms with van der Waals surface area (Å²) in [4.78, 5) is 54.0. The Morgan fingerprint density at radius 1 is 0.694 bits per heavy atom. The summed E-state index contributed by atoms with van der Waals surface area (Å²) in [5, 5.41) is 37.1. The zero-order valence-electron chi connectivity index (χ0n) is 39.6. The zero-order chi connectivity index (χ0) is 45.9. The Balaban J connectivity index is 2.88. The summed E-state index contributed by atoms with van der Waals surface area (Å²) >= 11 is 0. The number of hydrogen-bond acceptors (Lipinski definition) is 10. The minimum atomic E-state index is -1.92. The van der Waals surface area contributed by atoms with Gasteiger partial charge >= 0.3 is 0 Å². The van der Waals surface area contributed by atoms with E-state index >= 15 is 0 Å². The summed E-state index contributed by atoms with van der Waals surface area (Å²) in [5.41, 5.74) is 11.1. The highest BCUT2D eigenvalue weighted by atomic mass is 16.6. The molecule has 1 fully saturated rings. The standard InChI is InChI=1S/C49H93N5O8/c1-4-6-8-10-12-14-16-18-20-22-24-26-28-30-32-34-36-54(44(58)35-33-31-29-27-25-23-21-19-17-15-13-11-9-7-5-2)49(37-41(56)46(59)43(39-55)62-49)53-47(60)40(3)52-48(61)45(51)42(57)38-50/h19,21,40-41,43,45-46,55-56,59H,4-18,20,22-39,50-51H2,1-3H3,(H,52,61)(H,53,60)/b21-19-/t40-,41+,43+,45-,46-,49-/m0/s1. The van der Waals surface area contributed by atoms with E-state index in [-0.39, 0.29) is 25.3 Å². The number of rotatable bonds is 40. The first-order valence-corrected chi connectivity index (χ1v) is 25.2. The summed E-state index contributed by atoms with van der Waals surface area (Å²) in [6.07, 6.45) is 34.0. The molecule has 1 aliphatic heterocycles. The third-order valence-corrected chi connectivity index (χ3v) is 12.3. The summed E-state index contributed by atoms with van der Waals surface area (Å²) in [5.74, 6) is -4.56. The van der Waals surface area contributed by atoms with Gasteiger partial charge in [-0.2, -0.15) is 0 Å². The third-order valence-electron chi connectivity index (χ3n) is 12.3. The van der Waals surface area contributed by atoms with Crippen molar-refractivity contribution in [3.8, 4) is 0 Å². The monoisotopic (exact) mass is 880 g/mol. The first kappa shape index (κ1) is 57.6. The lowest BCUT2D eigenvalue weighted by atomic mass is 9.96. The van der Waals surface area contributed by atoms with Gasteiger partial charge in [-0.15, -0.1) is 0 Å². The molecular weight excluding hydrogens is 787 g/mol. The van der Waals surface area contributed by atoms with Gasteiger partial charge in [0.1, 0.15) is 24.3 Å². The van der Waals surface area contributed by atoms with E-state index < -0.39 is 67.0 Å². The molecule has 0 aromatic carbocycles. The number of carbonyl (C=O) groups excluding carboxylic acids is 4. The van der Waals surface area contributed by atoms with Gasteiger partial charge in [-0.3, -0.25) is 24.1 Å². The van der Waals surface area contributed by atoms with Crippen LogP contribution in [0.1, 0.15) is 220 Å². The summed E-state index contributed by atoms with van der Waals surface area (Å²) in [6.45, 7) is 4.98. The molecule has 13 nitrogen and oxygen atoms in total. The Kier molecular flexibility index (Phi) is 34.3. The van der Waals surface area contributed by atoms with E-state index in [0.717, 1.165) is 64.2 Å². The minimum absolute atomic E-state index is 0.183. The average Bonchev–Trinajstić information content (AvgIpc) is 3.26. The summed E-state index contributed by atoms with van der Waals surface area (Å²) in [6, 6.07) is -2.79. The van der Waals surface area contributed by atoms with Crippen molar-refractivity contribution in [2.45, 2.75) is 256 Å². The molecular formula is C49H93N5O8. The highest BCUT2D eigenvalue weighted by molar-refractivity contribution is 6.06. The van der Waals surface area contributed by atoms with Crippen LogP contribution in [0.3, 0.4) is 0 Å². The van der Waals surface area contributed by atoms with Crippen LogP contribution < -0.4 is 22.1 Å². The number of nitrogens with one attached hydrogen (secondary N) is 2. The maximum absolute atomic E-state index is 14.2. The predicted octanol–water partition coefficient (Wildman–Crippen LogP) is 7.75. The van der Waals surface area contributed by atoms with E-state index in [2.05, 4.69) is 36.6 Å². The van der Waals surface area contributed by atoms with Gasteiger partial charge in [-0.25, -0.2) is 0 Å². The van der Waals surface area contributed by atoms with Crippen molar-refractivity contribution in [2.75, 3.05) is 19.7 Å². The Bertz CT molecular complexity index is 1210. The Hall–Kier alpha value is -2.42. The summed E-state index contributed by atoms with van der Waals surface area (Å²) < 4.78 is 6.22. The SMILES string of the molecule is CCCCCCCC/C=C\CCCCCCCC(=O)N(CCCCCCCCCCCCCCCCCC)[C@@]1(NC(=O)[C@H](C)NC(=O)[C@@H](N)C(=O)CN)C[C@@H](O)[C@H](O)[C@@H](CO)O1. The fourth-order valence-electron chi connectivity index (χ4n) is 8.24. The first-order valence-electron chi connectivity index (χ1n) is 25.2. The Morgan fingerprint density at radius 3 is 1.58 bits per heavy atom. The number of allylic oxidation sites excluding steroid dienone is 2. The molecule has 0 aliphatic carbocycles. The number of amides is 3. The highest BCUT2D eigenvalue weighted by Gasteiger charge is 2.52.